The second-order valence-corrected chi connectivity index (χ2v) is 3.43. The quantitative estimate of drug-likeness (QED) is 0.552. The Hall–Kier alpha value is 0.230. The molecule has 1 saturated heterocycles. The fourth-order valence-corrected chi connectivity index (χ4v) is 2.02. The Bertz CT molecular complexity index is 83.0. The van der Waals surface area contributed by atoms with Gasteiger partial charge in [0.15, 0.2) is 0 Å². The molecule has 1 rings (SSSR count). The minimum atomic E-state index is -0.0845. The smallest absolute Gasteiger partial charge is 0.107 e. The number of hydroxylamine groups is 2. The number of hydrogen-bond donors (Lipinski definition) is 2. The molecule has 0 aromatic heterocycles. The van der Waals surface area contributed by atoms with Crippen LogP contribution in [0.3, 0.4) is 0 Å². The molecule has 3 nitrogen and oxygen atoms in total. The van der Waals surface area contributed by atoms with E-state index in [0.29, 0.717) is 5.23 Å². The molecule has 1 aliphatic rings. The number of nitrogens with zero attached hydrogens (tertiary/aromatic N) is 1. The van der Waals surface area contributed by atoms with Crippen molar-refractivity contribution in [2.24, 2.45) is 0 Å². The van der Waals surface area contributed by atoms with Crippen molar-refractivity contribution in [2.45, 2.75) is 24.6 Å². The van der Waals surface area contributed by atoms with Gasteiger partial charge < -0.3 is 0 Å². The second-order valence-electron chi connectivity index (χ2n) is 2.14. The molecule has 54 valence electrons. The van der Waals surface area contributed by atoms with Crippen LogP contribution in [-0.2, 0) is 0 Å². The van der Waals surface area contributed by atoms with Crippen molar-refractivity contribution in [3.63, 3.8) is 0 Å². The highest BCUT2D eigenvalue weighted by Crippen LogP contribution is 2.25. The summed E-state index contributed by atoms with van der Waals surface area (Å²) >= 11 is 1.60. The maximum absolute atomic E-state index is 8.55. The van der Waals surface area contributed by atoms with Crippen LogP contribution < -0.4 is 0 Å². The van der Waals surface area contributed by atoms with Gasteiger partial charge in [0.25, 0.3) is 0 Å². The molecule has 2 N–H and O–H groups in total. The first-order valence-electron chi connectivity index (χ1n) is 3.09. The largest absolute Gasteiger partial charge is 0.289 e. The van der Waals surface area contributed by atoms with Gasteiger partial charge in [0.05, 0.1) is 0 Å². The van der Waals surface area contributed by atoms with Gasteiger partial charge in [-0.05, 0) is 18.6 Å². The van der Waals surface area contributed by atoms with Crippen LogP contribution in [0, 0.1) is 0 Å². The Morgan fingerprint density at radius 3 is 2.44 bits per heavy atom. The molecule has 0 radical (unpaired) electrons. The highest BCUT2D eigenvalue weighted by Gasteiger charge is 2.17. The summed E-state index contributed by atoms with van der Waals surface area (Å²) in [5, 5.41) is 17.3. The minimum absolute atomic E-state index is 0.0845. The Morgan fingerprint density at radius 1 is 1.33 bits per heavy atom. The molecule has 0 aliphatic carbocycles. The zero-order chi connectivity index (χ0) is 6.69. The molecule has 4 heteroatoms. The van der Waals surface area contributed by atoms with Crippen LogP contribution in [0.15, 0.2) is 0 Å². The van der Waals surface area contributed by atoms with Crippen LogP contribution in [0.2, 0.25) is 0 Å². The fourth-order valence-electron chi connectivity index (χ4n) is 0.906. The SMILES string of the molecule is ON(O)C1CCCCS1. The van der Waals surface area contributed by atoms with E-state index in [1.54, 1.807) is 11.8 Å². The summed E-state index contributed by atoms with van der Waals surface area (Å²) in [6.45, 7) is 0. The summed E-state index contributed by atoms with van der Waals surface area (Å²) in [5.41, 5.74) is 0. The van der Waals surface area contributed by atoms with Crippen molar-refractivity contribution in [1.29, 1.82) is 0 Å². The van der Waals surface area contributed by atoms with Crippen LogP contribution in [0.25, 0.3) is 0 Å². The second kappa shape index (κ2) is 3.41. The Kier molecular flexibility index (Phi) is 2.78. The topological polar surface area (TPSA) is 43.7 Å². The van der Waals surface area contributed by atoms with E-state index in [1.807, 2.05) is 0 Å². The van der Waals surface area contributed by atoms with E-state index in [1.165, 1.54) is 6.42 Å². The zero-order valence-corrected chi connectivity index (χ0v) is 5.97. The van der Waals surface area contributed by atoms with Gasteiger partial charge in [-0.2, -0.15) is 0 Å². The van der Waals surface area contributed by atoms with E-state index in [0.717, 1.165) is 18.6 Å². The van der Waals surface area contributed by atoms with Gasteiger partial charge in [0.2, 0.25) is 0 Å². The van der Waals surface area contributed by atoms with E-state index < -0.39 is 0 Å². The van der Waals surface area contributed by atoms with Crippen LogP contribution in [0.4, 0.5) is 0 Å². The number of hydrogen-bond acceptors (Lipinski definition) is 4. The molecular formula is C5H11NO2S. The highest BCUT2D eigenvalue weighted by molar-refractivity contribution is 7.99. The fraction of sp³-hybridized carbons (Fsp3) is 1.00. The summed E-state index contributed by atoms with van der Waals surface area (Å²) in [6, 6.07) is 0. The number of thioether (sulfide) groups is 1. The van der Waals surface area contributed by atoms with Crippen LogP contribution in [0.1, 0.15) is 19.3 Å². The molecule has 0 spiro atoms. The van der Waals surface area contributed by atoms with Crippen LogP contribution in [-0.4, -0.2) is 26.8 Å². The van der Waals surface area contributed by atoms with E-state index >= 15 is 0 Å². The van der Waals surface area contributed by atoms with Gasteiger partial charge in [0.1, 0.15) is 5.37 Å². The zero-order valence-electron chi connectivity index (χ0n) is 5.16. The van der Waals surface area contributed by atoms with Gasteiger partial charge in [0, 0.05) is 0 Å². The Morgan fingerprint density at radius 2 is 2.11 bits per heavy atom. The predicted octanol–water partition coefficient (Wildman–Crippen LogP) is 1.31. The summed E-state index contributed by atoms with van der Waals surface area (Å²) in [5.74, 6) is 1.04. The third-order valence-electron chi connectivity index (χ3n) is 1.41. The van der Waals surface area contributed by atoms with Gasteiger partial charge in [-0.15, -0.1) is 11.8 Å². The molecule has 9 heavy (non-hydrogen) atoms. The molecule has 0 saturated carbocycles. The molecule has 0 aromatic carbocycles. The maximum Gasteiger partial charge on any atom is 0.107 e. The standard InChI is InChI=1S/C5H11NO2S/c7-6(8)5-3-1-2-4-9-5/h5,7-8H,1-4H2. The third-order valence-corrected chi connectivity index (χ3v) is 2.75. The van der Waals surface area contributed by atoms with E-state index in [2.05, 4.69) is 0 Å². The van der Waals surface area contributed by atoms with Crippen LogP contribution in [0.5, 0.6) is 0 Å². The first-order valence-corrected chi connectivity index (χ1v) is 4.14. The molecule has 1 atom stereocenters. The third kappa shape index (κ3) is 2.14. The molecule has 0 aromatic rings. The minimum Gasteiger partial charge on any atom is -0.289 e. The van der Waals surface area contributed by atoms with Crippen molar-refractivity contribution in [2.75, 3.05) is 5.75 Å². The lowest BCUT2D eigenvalue weighted by Gasteiger charge is -2.23. The number of rotatable bonds is 1. The Labute approximate surface area is 58.6 Å². The van der Waals surface area contributed by atoms with Crippen molar-refractivity contribution < 1.29 is 10.4 Å². The highest BCUT2D eigenvalue weighted by atomic mass is 32.2. The molecule has 1 unspecified atom stereocenters. The summed E-state index contributed by atoms with van der Waals surface area (Å²) in [4.78, 5) is 0. The first-order chi connectivity index (χ1) is 4.30. The predicted molar refractivity (Wildman–Crippen MR) is 35.5 cm³/mol. The average molecular weight is 149 g/mol. The van der Waals surface area contributed by atoms with Crippen LogP contribution >= 0.6 is 11.8 Å². The molecular weight excluding hydrogens is 138 g/mol. The van der Waals surface area contributed by atoms with Crippen molar-refractivity contribution in [3.05, 3.63) is 0 Å². The van der Waals surface area contributed by atoms with E-state index in [4.69, 9.17) is 10.4 Å². The van der Waals surface area contributed by atoms with Gasteiger partial charge in [-0.1, -0.05) is 11.6 Å². The van der Waals surface area contributed by atoms with Crippen molar-refractivity contribution in [3.8, 4) is 0 Å². The van der Waals surface area contributed by atoms with E-state index in [-0.39, 0.29) is 5.37 Å². The average Bonchev–Trinajstić information content (AvgIpc) is 1.90. The normalized spacial score (nSPS) is 29.0. The lowest BCUT2D eigenvalue weighted by molar-refractivity contribution is -0.315. The monoisotopic (exact) mass is 149 g/mol. The van der Waals surface area contributed by atoms with Gasteiger partial charge in [-0.25, -0.2) is 0 Å². The summed E-state index contributed by atoms with van der Waals surface area (Å²) < 4.78 is 0. The molecule has 0 amide bonds. The molecule has 1 fully saturated rings. The van der Waals surface area contributed by atoms with E-state index in [9.17, 15) is 0 Å². The molecule has 1 heterocycles. The molecule has 0 bridgehead atoms. The summed E-state index contributed by atoms with van der Waals surface area (Å²) in [6.07, 6.45) is 3.20. The molecule has 1 aliphatic heterocycles. The van der Waals surface area contributed by atoms with Crippen molar-refractivity contribution in [1.82, 2.24) is 5.23 Å². The lowest BCUT2D eigenvalue weighted by Crippen LogP contribution is -2.28. The lowest BCUT2D eigenvalue weighted by atomic mass is 10.2. The van der Waals surface area contributed by atoms with Gasteiger partial charge >= 0.3 is 0 Å². The van der Waals surface area contributed by atoms with Crippen molar-refractivity contribution >= 4 is 11.8 Å². The van der Waals surface area contributed by atoms with Gasteiger partial charge in [-0.3, -0.25) is 10.4 Å². The maximum atomic E-state index is 8.55. The first kappa shape index (κ1) is 7.34. The summed E-state index contributed by atoms with van der Waals surface area (Å²) in [7, 11) is 0. The Balaban J connectivity index is 2.23.